The molecule has 0 bridgehead atoms. The van der Waals surface area contributed by atoms with E-state index in [1.54, 1.807) is 11.3 Å². The van der Waals surface area contributed by atoms with Crippen LogP contribution in [0.1, 0.15) is 5.56 Å². The van der Waals surface area contributed by atoms with Gasteiger partial charge in [0.1, 0.15) is 0 Å². The van der Waals surface area contributed by atoms with Crippen molar-refractivity contribution in [3.8, 4) is 0 Å². The third-order valence-electron chi connectivity index (χ3n) is 4.00. The molecule has 2 aromatic rings. The van der Waals surface area contributed by atoms with Crippen LogP contribution in [-0.2, 0) is 16.6 Å². The predicted molar refractivity (Wildman–Crippen MR) is 91.5 cm³/mol. The van der Waals surface area contributed by atoms with Crippen molar-refractivity contribution < 1.29 is 13.3 Å². The number of rotatable bonds is 5. The Morgan fingerprint density at radius 1 is 1.08 bits per heavy atom. The largest absolute Gasteiger partial charge is 0.296 e. The number of hydrogen-bond donors (Lipinski definition) is 0. The maximum Gasteiger partial charge on any atom is 0.269 e. The van der Waals surface area contributed by atoms with Gasteiger partial charge in [-0.05, 0) is 34.5 Å². The van der Waals surface area contributed by atoms with Gasteiger partial charge in [-0.15, -0.1) is 0 Å². The number of sulfonamides is 1. The van der Waals surface area contributed by atoms with E-state index in [4.69, 9.17) is 0 Å². The number of nitro groups is 1. The lowest BCUT2D eigenvalue weighted by Crippen LogP contribution is -2.48. The highest BCUT2D eigenvalue weighted by Crippen LogP contribution is 2.21. The van der Waals surface area contributed by atoms with Crippen LogP contribution in [0.25, 0.3) is 0 Å². The van der Waals surface area contributed by atoms with Crippen molar-refractivity contribution in [1.29, 1.82) is 0 Å². The summed E-state index contributed by atoms with van der Waals surface area (Å²) in [4.78, 5) is 12.5. The van der Waals surface area contributed by atoms with Gasteiger partial charge in [-0.2, -0.15) is 15.6 Å². The highest BCUT2D eigenvalue weighted by molar-refractivity contribution is 7.89. The number of piperazine rings is 1. The van der Waals surface area contributed by atoms with Crippen LogP contribution in [-0.4, -0.2) is 48.7 Å². The summed E-state index contributed by atoms with van der Waals surface area (Å²) in [5.41, 5.74) is 1.13. The zero-order valence-electron chi connectivity index (χ0n) is 12.9. The summed E-state index contributed by atoms with van der Waals surface area (Å²) in [6.45, 7) is 3.01. The van der Waals surface area contributed by atoms with E-state index >= 15 is 0 Å². The molecule has 0 amide bonds. The highest BCUT2D eigenvalue weighted by atomic mass is 32.2. The van der Waals surface area contributed by atoms with Crippen molar-refractivity contribution in [2.45, 2.75) is 11.4 Å². The van der Waals surface area contributed by atoms with Crippen molar-refractivity contribution in [3.05, 3.63) is 56.8 Å². The van der Waals surface area contributed by atoms with E-state index in [-0.39, 0.29) is 10.6 Å². The van der Waals surface area contributed by atoms with Crippen molar-refractivity contribution in [1.82, 2.24) is 9.21 Å². The van der Waals surface area contributed by atoms with Gasteiger partial charge >= 0.3 is 0 Å². The molecule has 1 aromatic heterocycles. The molecule has 128 valence electrons. The van der Waals surface area contributed by atoms with Crippen LogP contribution in [0.2, 0.25) is 0 Å². The number of hydrogen-bond acceptors (Lipinski definition) is 6. The van der Waals surface area contributed by atoms with E-state index in [1.807, 2.05) is 5.38 Å². The van der Waals surface area contributed by atoms with Gasteiger partial charge in [0.25, 0.3) is 5.69 Å². The Bertz CT molecular complexity index is 796. The minimum atomic E-state index is -3.60. The van der Waals surface area contributed by atoms with Crippen LogP contribution in [0.3, 0.4) is 0 Å². The second-order valence-electron chi connectivity index (χ2n) is 5.56. The molecular weight excluding hydrogens is 350 g/mol. The molecule has 0 spiro atoms. The number of benzene rings is 1. The van der Waals surface area contributed by atoms with Crippen LogP contribution in [0, 0.1) is 10.1 Å². The first-order valence-corrected chi connectivity index (χ1v) is 9.83. The number of non-ortho nitro benzene ring substituents is 1. The average molecular weight is 367 g/mol. The maximum atomic E-state index is 12.6. The van der Waals surface area contributed by atoms with Gasteiger partial charge in [-0.3, -0.25) is 15.0 Å². The monoisotopic (exact) mass is 367 g/mol. The molecule has 1 saturated heterocycles. The summed E-state index contributed by atoms with van der Waals surface area (Å²) < 4.78 is 26.7. The van der Waals surface area contributed by atoms with E-state index in [0.29, 0.717) is 26.2 Å². The zero-order chi connectivity index (χ0) is 17.2. The number of nitrogens with zero attached hydrogens (tertiary/aromatic N) is 3. The predicted octanol–water partition coefficient (Wildman–Crippen LogP) is 2.16. The molecule has 7 nitrogen and oxygen atoms in total. The Hall–Kier alpha value is -1.81. The van der Waals surface area contributed by atoms with Gasteiger partial charge in [0, 0.05) is 44.9 Å². The summed E-state index contributed by atoms with van der Waals surface area (Å²) in [6, 6.07) is 7.11. The Balaban J connectivity index is 1.65. The van der Waals surface area contributed by atoms with E-state index in [2.05, 4.69) is 16.3 Å². The van der Waals surface area contributed by atoms with Gasteiger partial charge < -0.3 is 0 Å². The minimum Gasteiger partial charge on any atom is -0.296 e. The van der Waals surface area contributed by atoms with Crippen molar-refractivity contribution in [3.63, 3.8) is 0 Å². The fraction of sp³-hybridized carbons (Fsp3) is 0.333. The molecule has 2 heterocycles. The van der Waals surface area contributed by atoms with E-state index < -0.39 is 14.9 Å². The molecular formula is C15H17N3O4S2. The van der Waals surface area contributed by atoms with Gasteiger partial charge in [0.2, 0.25) is 10.0 Å². The Morgan fingerprint density at radius 2 is 1.75 bits per heavy atom. The Labute approximate surface area is 144 Å². The summed E-state index contributed by atoms with van der Waals surface area (Å²) in [5.74, 6) is 0. The molecule has 0 aliphatic carbocycles. The van der Waals surface area contributed by atoms with Crippen LogP contribution in [0.15, 0.2) is 46.0 Å². The molecule has 0 N–H and O–H groups in total. The van der Waals surface area contributed by atoms with Gasteiger partial charge in [-0.1, -0.05) is 0 Å². The first-order chi connectivity index (χ1) is 11.5. The first-order valence-electron chi connectivity index (χ1n) is 7.45. The Kier molecular flexibility index (Phi) is 4.95. The van der Waals surface area contributed by atoms with E-state index in [9.17, 15) is 18.5 Å². The lowest BCUT2D eigenvalue weighted by Gasteiger charge is -2.33. The molecule has 0 saturated carbocycles. The van der Waals surface area contributed by atoms with Gasteiger partial charge in [0.15, 0.2) is 0 Å². The summed E-state index contributed by atoms with van der Waals surface area (Å²) >= 11 is 1.65. The molecule has 0 radical (unpaired) electrons. The average Bonchev–Trinajstić information content (AvgIpc) is 3.08. The maximum absolute atomic E-state index is 12.6. The van der Waals surface area contributed by atoms with Crippen LogP contribution in [0.5, 0.6) is 0 Å². The molecule has 0 unspecified atom stereocenters. The molecule has 1 aliphatic rings. The van der Waals surface area contributed by atoms with E-state index in [1.165, 1.54) is 34.1 Å². The topological polar surface area (TPSA) is 83.8 Å². The molecule has 0 atom stereocenters. The van der Waals surface area contributed by atoms with Crippen LogP contribution < -0.4 is 0 Å². The quantitative estimate of drug-likeness (QED) is 0.597. The molecule has 1 aromatic carbocycles. The molecule has 9 heteroatoms. The SMILES string of the molecule is O=[N+]([O-])c1ccc(S(=O)(=O)N2CCN(Cc3ccsc3)CC2)cc1. The lowest BCUT2D eigenvalue weighted by atomic mass is 10.3. The fourth-order valence-electron chi connectivity index (χ4n) is 2.66. The summed E-state index contributed by atoms with van der Waals surface area (Å²) in [6.07, 6.45) is 0. The molecule has 1 aliphatic heterocycles. The standard InChI is InChI=1S/C15H17N3O4S2/c19-18(20)14-1-3-15(4-2-14)24(21,22)17-8-6-16(7-9-17)11-13-5-10-23-12-13/h1-5,10,12H,6-9,11H2. The zero-order valence-corrected chi connectivity index (χ0v) is 14.5. The molecule has 24 heavy (non-hydrogen) atoms. The van der Waals surface area contributed by atoms with Crippen LogP contribution in [0.4, 0.5) is 5.69 Å². The molecule has 3 rings (SSSR count). The second-order valence-corrected chi connectivity index (χ2v) is 8.28. The summed E-state index contributed by atoms with van der Waals surface area (Å²) in [5, 5.41) is 14.8. The lowest BCUT2D eigenvalue weighted by molar-refractivity contribution is -0.384. The van der Waals surface area contributed by atoms with Crippen molar-refractivity contribution in [2.24, 2.45) is 0 Å². The summed E-state index contributed by atoms with van der Waals surface area (Å²) in [7, 11) is -3.60. The Morgan fingerprint density at radius 3 is 2.29 bits per heavy atom. The van der Waals surface area contributed by atoms with Crippen molar-refractivity contribution >= 4 is 27.0 Å². The minimum absolute atomic E-state index is 0.0967. The number of nitro benzene ring substituents is 1. The third kappa shape index (κ3) is 3.64. The fourth-order valence-corrected chi connectivity index (χ4v) is 4.74. The molecule has 1 fully saturated rings. The van der Waals surface area contributed by atoms with E-state index in [0.717, 1.165) is 6.54 Å². The second kappa shape index (κ2) is 6.98. The smallest absolute Gasteiger partial charge is 0.269 e. The number of thiophene rings is 1. The highest BCUT2D eigenvalue weighted by Gasteiger charge is 2.28. The first kappa shape index (κ1) is 17.0. The van der Waals surface area contributed by atoms with Gasteiger partial charge in [0.05, 0.1) is 9.82 Å². The van der Waals surface area contributed by atoms with Crippen LogP contribution >= 0.6 is 11.3 Å². The van der Waals surface area contributed by atoms with Gasteiger partial charge in [-0.25, -0.2) is 8.42 Å². The third-order valence-corrected chi connectivity index (χ3v) is 6.65. The normalized spacial score (nSPS) is 17.0. The van der Waals surface area contributed by atoms with Crippen molar-refractivity contribution in [2.75, 3.05) is 26.2 Å².